The zero-order valence-electron chi connectivity index (χ0n) is 18.9. The maximum atomic E-state index is 13.2. The number of carbonyl (C=O) groups excluding carboxylic acids is 2. The van der Waals surface area contributed by atoms with E-state index in [-0.39, 0.29) is 23.4 Å². The summed E-state index contributed by atoms with van der Waals surface area (Å²) in [5.41, 5.74) is 1.15. The molecule has 0 aliphatic carbocycles. The number of benzene rings is 2. The molecule has 1 aliphatic heterocycles. The van der Waals surface area contributed by atoms with Crippen LogP contribution in [-0.2, 0) is 26.2 Å². The highest BCUT2D eigenvalue weighted by Crippen LogP contribution is 2.37. The average Bonchev–Trinajstić information content (AvgIpc) is 3.02. The third kappa shape index (κ3) is 4.80. The SMILES string of the molecule is CCC1=C(c2ccc(OC)cc2)S(=O)(=O)N(CC(=O)NCc2cc(OC)ccc2OC)C1=O. The second-order valence-corrected chi connectivity index (χ2v) is 8.96. The number of nitrogens with zero attached hydrogens (tertiary/aromatic N) is 1. The van der Waals surface area contributed by atoms with Gasteiger partial charge in [0.2, 0.25) is 5.91 Å². The van der Waals surface area contributed by atoms with E-state index in [1.165, 1.54) is 21.3 Å². The van der Waals surface area contributed by atoms with Crippen LogP contribution < -0.4 is 19.5 Å². The van der Waals surface area contributed by atoms with Crippen LogP contribution in [0.4, 0.5) is 0 Å². The Balaban J connectivity index is 1.79. The van der Waals surface area contributed by atoms with Crippen molar-refractivity contribution in [1.29, 1.82) is 0 Å². The smallest absolute Gasteiger partial charge is 0.268 e. The minimum atomic E-state index is -4.20. The first kappa shape index (κ1) is 24.1. The van der Waals surface area contributed by atoms with Gasteiger partial charge in [-0.1, -0.05) is 6.92 Å². The van der Waals surface area contributed by atoms with Crippen molar-refractivity contribution in [3.8, 4) is 17.2 Å². The zero-order chi connectivity index (χ0) is 24.2. The molecule has 3 rings (SSSR count). The van der Waals surface area contributed by atoms with E-state index in [4.69, 9.17) is 14.2 Å². The molecule has 10 heteroatoms. The zero-order valence-corrected chi connectivity index (χ0v) is 19.7. The minimum Gasteiger partial charge on any atom is -0.497 e. The van der Waals surface area contributed by atoms with E-state index < -0.39 is 28.4 Å². The molecule has 0 saturated carbocycles. The summed E-state index contributed by atoms with van der Waals surface area (Å²) >= 11 is 0. The van der Waals surface area contributed by atoms with Crippen molar-refractivity contribution in [2.75, 3.05) is 27.9 Å². The lowest BCUT2D eigenvalue weighted by Gasteiger charge is -2.17. The standard InChI is InChI=1S/C23H26N2O7S/c1-5-19-22(15-6-8-17(30-2)9-7-15)33(28,29)25(23(19)27)14-21(26)24-13-16-12-18(31-3)10-11-20(16)32-4/h6-12H,5,13-14H2,1-4H3,(H,24,26). The van der Waals surface area contributed by atoms with Crippen molar-refractivity contribution in [3.63, 3.8) is 0 Å². The molecule has 2 amide bonds. The summed E-state index contributed by atoms with van der Waals surface area (Å²) in [5.74, 6) is 0.361. The van der Waals surface area contributed by atoms with E-state index in [0.29, 0.717) is 32.7 Å². The van der Waals surface area contributed by atoms with Gasteiger partial charge in [0.25, 0.3) is 15.9 Å². The first-order valence-electron chi connectivity index (χ1n) is 10.2. The molecule has 0 unspecified atom stereocenters. The van der Waals surface area contributed by atoms with Gasteiger partial charge in [-0.3, -0.25) is 9.59 Å². The first-order valence-corrected chi connectivity index (χ1v) is 11.6. The molecule has 176 valence electrons. The van der Waals surface area contributed by atoms with Gasteiger partial charge >= 0.3 is 0 Å². The van der Waals surface area contributed by atoms with Crippen molar-refractivity contribution in [2.24, 2.45) is 0 Å². The molecule has 0 bridgehead atoms. The fourth-order valence-electron chi connectivity index (χ4n) is 3.56. The van der Waals surface area contributed by atoms with Crippen LogP contribution in [0.5, 0.6) is 17.2 Å². The minimum absolute atomic E-state index is 0.0701. The quantitative estimate of drug-likeness (QED) is 0.594. The maximum Gasteiger partial charge on any atom is 0.268 e. The number of sulfonamides is 1. The lowest BCUT2D eigenvalue weighted by atomic mass is 10.1. The number of hydrogen-bond acceptors (Lipinski definition) is 7. The van der Waals surface area contributed by atoms with Gasteiger partial charge in [-0.2, -0.15) is 0 Å². The van der Waals surface area contributed by atoms with Gasteiger partial charge in [-0.15, -0.1) is 0 Å². The molecular weight excluding hydrogens is 448 g/mol. The Morgan fingerprint density at radius 1 is 0.970 bits per heavy atom. The normalized spacial score (nSPS) is 14.9. The number of amides is 2. The highest BCUT2D eigenvalue weighted by atomic mass is 32.2. The molecule has 0 saturated heterocycles. The van der Waals surface area contributed by atoms with Gasteiger partial charge in [-0.25, -0.2) is 12.7 Å². The molecule has 1 heterocycles. The summed E-state index contributed by atoms with van der Waals surface area (Å²) in [7, 11) is 0.329. The van der Waals surface area contributed by atoms with Crippen LogP contribution in [0.25, 0.3) is 4.91 Å². The lowest BCUT2D eigenvalue weighted by molar-refractivity contribution is -0.128. The molecule has 0 radical (unpaired) electrons. The Hall–Kier alpha value is -3.53. The average molecular weight is 475 g/mol. The Morgan fingerprint density at radius 2 is 1.61 bits per heavy atom. The number of carbonyl (C=O) groups is 2. The van der Waals surface area contributed by atoms with Crippen LogP contribution in [0.3, 0.4) is 0 Å². The van der Waals surface area contributed by atoms with Gasteiger partial charge in [-0.05, 0) is 54.4 Å². The molecule has 2 aromatic rings. The molecule has 1 aliphatic rings. The topological polar surface area (TPSA) is 111 Å². The Labute approximate surface area is 193 Å². The van der Waals surface area contributed by atoms with Crippen molar-refractivity contribution in [2.45, 2.75) is 19.9 Å². The van der Waals surface area contributed by atoms with Crippen LogP contribution in [0.15, 0.2) is 48.0 Å². The van der Waals surface area contributed by atoms with Crippen molar-refractivity contribution >= 4 is 26.7 Å². The van der Waals surface area contributed by atoms with Crippen LogP contribution in [0.2, 0.25) is 0 Å². The molecule has 9 nitrogen and oxygen atoms in total. The van der Waals surface area contributed by atoms with E-state index in [9.17, 15) is 18.0 Å². The Kier molecular flexibility index (Phi) is 7.27. The van der Waals surface area contributed by atoms with Crippen LogP contribution >= 0.6 is 0 Å². The number of rotatable bonds is 9. The van der Waals surface area contributed by atoms with E-state index in [0.717, 1.165) is 0 Å². The molecular formula is C23H26N2O7S. The van der Waals surface area contributed by atoms with Crippen molar-refractivity contribution < 1.29 is 32.2 Å². The van der Waals surface area contributed by atoms with E-state index in [1.54, 1.807) is 49.4 Å². The summed E-state index contributed by atoms with van der Waals surface area (Å²) in [6, 6.07) is 11.5. The van der Waals surface area contributed by atoms with Crippen molar-refractivity contribution in [3.05, 3.63) is 59.2 Å². The summed E-state index contributed by atoms with van der Waals surface area (Å²) in [5, 5.41) is 2.64. The monoisotopic (exact) mass is 474 g/mol. The van der Waals surface area contributed by atoms with Crippen LogP contribution in [-0.4, -0.2) is 52.4 Å². The van der Waals surface area contributed by atoms with Crippen LogP contribution in [0, 0.1) is 0 Å². The fourth-order valence-corrected chi connectivity index (χ4v) is 5.37. The second-order valence-electron chi connectivity index (χ2n) is 7.16. The number of hydrogen-bond donors (Lipinski definition) is 1. The number of ether oxygens (including phenoxy) is 3. The van der Waals surface area contributed by atoms with Gasteiger partial charge in [0.15, 0.2) is 0 Å². The van der Waals surface area contributed by atoms with Gasteiger partial charge in [0.1, 0.15) is 28.7 Å². The van der Waals surface area contributed by atoms with Crippen molar-refractivity contribution in [1.82, 2.24) is 9.62 Å². The molecule has 1 N–H and O–H groups in total. The third-order valence-electron chi connectivity index (χ3n) is 5.26. The maximum absolute atomic E-state index is 13.2. The predicted octanol–water partition coefficient (Wildman–Crippen LogP) is 2.32. The Bertz CT molecular complexity index is 1190. The van der Waals surface area contributed by atoms with Gasteiger partial charge < -0.3 is 19.5 Å². The summed E-state index contributed by atoms with van der Waals surface area (Å²) in [6.07, 6.45) is 0.207. The van der Waals surface area contributed by atoms with Gasteiger partial charge in [0.05, 0.1) is 21.3 Å². The number of nitrogens with one attached hydrogen (secondary N) is 1. The summed E-state index contributed by atoms with van der Waals surface area (Å²) < 4.78 is 42.6. The summed E-state index contributed by atoms with van der Waals surface area (Å²) in [6.45, 7) is 1.14. The fraction of sp³-hybridized carbons (Fsp3) is 0.304. The molecule has 2 aromatic carbocycles. The Morgan fingerprint density at radius 3 is 2.18 bits per heavy atom. The largest absolute Gasteiger partial charge is 0.497 e. The molecule has 33 heavy (non-hydrogen) atoms. The number of methoxy groups -OCH3 is 3. The van der Waals surface area contributed by atoms with Crippen LogP contribution in [0.1, 0.15) is 24.5 Å². The van der Waals surface area contributed by atoms with E-state index >= 15 is 0 Å². The lowest BCUT2D eigenvalue weighted by Crippen LogP contribution is -2.41. The predicted molar refractivity (Wildman–Crippen MR) is 122 cm³/mol. The molecule has 0 aromatic heterocycles. The second kappa shape index (κ2) is 9.95. The summed E-state index contributed by atoms with van der Waals surface area (Å²) in [4.78, 5) is 25.4. The first-order chi connectivity index (χ1) is 15.8. The van der Waals surface area contributed by atoms with E-state index in [1.807, 2.05) is 0 Å². The third-order valence-corrected chi connectivity index (χ3v) is 7.14. The highest BCUT2D eigenvalue weighted by molar-refractivity contribution is 7.99. The molecule has 0 atom stereocenters. The van der Waals surface area contributed by atoms with Gasteiger partial charge in [0, 0.05) is 17.7 Å². The molecule has 0 spiro atoms. The molecule has 0 fully saturated rings. The van der Waals surface area contributed by atoms with E-state index in [2.05, 4.69) is 5.32 Å². The highest BCUT2D eigenvalue weighted by Gasteiger charge is 2.44.